The fraction of sp³-hybridized carbons (Fsp3) is 0.273. The van der Waals surface area contributed by atoms with E-state index in [1.807, 2.05) is 54.2 Å². The second kappa shape index (κ2) is 9.04. The first-order valence-corrected chi connectivity index (χ1v) is 10.4. The van der Waals surface area contributed by atoms with Crippen LogP contribution in [0.25, 0.3) is 22.4 Å². The van der Waals surface area contributed by atoms with Crippen LogP contribution in [0.3, 0.4) is 0 Å². The molecule has 8 heteroatoms. The lowest BCUT2D eigenvalue weighted by atomic mass is 10.1. The fourth-order valence-corrected chi connectivity index (χ4v) is 3.72. The Bertz CT molecular complexity index is 1220. The molecule has 1 amide bonds. The third-order valence-electron chi connectivity index (χ3n) is 5.02. The van der Waals surface area contributed by atoms with Crippen LogP contribution in [-0.2, 0) is 17.9 Å². The van der Waals surface area contributed by atoms with Gasteiger partial charge < -0.3 is 9.88 Å². The zero-order valence-electron chi connectivity index (χ0n) is 16.8. The summed E-state index contributed by atoms with van der Waals surface area (Å²) in [6.45, 7) is 3.95. The molecule has 4 aromatic rings. The summed E-state index contributed by atoms with van der Waals surface area (Å²) in [5.74, 6) is 0.757. The number of nitrogens with zero attached hydrogens (tertiary/aromatic N) is 4. The van der Waals surface area contributed by atoms with Crippen molar-refractivity contribution in [3.8, 4) is 11.4 Å². The number of fused-ring (bicyclic) bond motifs is 1. The number of hydrogen-bond donors (Lipinski definition) is 2. The van der Waals surface area contributed by atoms with E-state index in [0.29, 0.717) is 24.3 Å². The van der Waals surface area contributed by atoms with Crippen LogP contribution in [0.15, 0.2) is 54.9 Å². The van der Waals surface area contributed by atoms with Crippen LogP contribution in [0.1, 0.15) is 18.4 Å². The minimum absolute atomic E-state index is 0.00350. The van der Waals surface area contributed by atoms with Gasteiger partial charge in [-0.2, -0.15) is 5.10 Å². The number of carbonyl (C=O) groups excluding carboxylic acids is 1. The Labute approximate surface area is 179 Å². The van der Waals surface area contributed by atoms with Crippen LogP contribution in [0.2, 0.25) is 0 Å². The van der Waals surface area contributed by atoms with Crippen molar-refractivity contribution in [2.45, 2.75) is 32.9 Å². The highest BCUT2D eigenvalue weighted by Crippen LogP contribution is 2.19. The van der Waals surface area contributed by atoms with Crippen molar-refractivity contribution in [3.63, 3.8) is 0 Å². The number of aryl methyl sites for hydroxylation is 2. The molecule has 2 aromatic heterocycles. The summed E-state index contributed by atoms with van der Waals surface area (Å²) < 4.78 is 4.51. The lowest BCUT2D eigenvalue weighted by molar-refractivity contribution is -0.121. The predicted octanol–water partition coefficient (Wildman–Crippen LogP) is 3.86. The third kappa shape index (κ3) is 4.49. The molecule has 0 fully saturated rings. The molecule has 2 heterocycles. The van der Waals surface area contributed by atoms with E-state index in [4.69, 9.17) is 12.2 Å². The SMILES string of the molecule is Cc1cccc(-c2n[nH]c(=S)n2CCC(=O)NCCCn2cnc3ccccc32)c1. The molecule has 0 radical (unpaired) electrons. The average molecular weight is 421 g/mol. The predicted molar refractivity (Wildman–Crippen MR) is 120 cm³/mol. The molecule has 30 heavy (non-hydrogen) atoms. The molecule has 2 aromatic carbocycles. The van der Waals surface area contributed by atoms with E-state index < -0.39 is 0 Å². The molecule has 0 aliphatic heterocycles. The highest BCUT2D eigenvalue weighted by atomic mass is 32.1. The maximum atomic E-state index is 12.3. The Morgan fingerprint density at radius 2 is 2.03 bits per heavy atom. The van der Waals surface area contributed by atoms with Gasteiger partial charge in [0.15, 0.2) is 10.6 Å². The molecule has 0 unspecified atom stereocenters. The standard InChI is InChI=1S/C22H24N6OS/c1-16-6-4-7-17(14-16)21-25-26-22(30)28(21)13-10-20(29)23-11-5-12-27-15-24-18-8-2-3-9-19(18)27/h2-4,6-9,14-15H,5,10-13H2,1H3,(H,23,29)(H,26,30). The number of aromatic nitrogens is 5. The summed E-state index contributed by atoms with van der Waals surface area (Å²) in [5, 5.41) is 10.2. The van der Waals surface area contributed by atoms with Gasteiger partial charge in [-0.1, -0.05) is 35.9 Å². The van der Waals surface area contributed by atoms with Gasteiger partial charge in [0.05, 0.1) is 17.4 Å². The molecule has 0 aliphatic carbocycles. The first-order valence-electron chi connectivity index (χ1n) is 10.0. The van der Waals surface area contributed by atoms with E-state index >= 15 is 0 Å². The van der Waals surface area contributed by atoms with Gasteiger partial charge in [0.25, 0.3) is 0 Å². The van der Waals surface area contributed by atoms with E-state index in [-0.39, 0.29) is 5.91 Å². The van der Waals surface area contributed by atoms with Crippen molar-refractivity contribution in [1.82, 2.24) is 29.6 Å². The second-order valence-electron chi connectivity index (χ2n) is 7.25. The molecule has 2 N–H and O–H groups in total. The van der Waals surface area contributed by atoms with Gasteiger partial charge in [0, 0.05) is 31.6 Å². The summed E-state index contributed by atoms with van der Waals surface area (Å²) in [4.78, 5) is 16.7. The van der Waals surface area contributed by atoms with E-state index in [1.165, 1.54) is 0 Å². The number of para-hydroxylation sites is 2. The molecular weight excluding hydrogens is 396 g/mol. The maximum absolute atomic E-state index is 12.3. The summed E-state index contributed by atoms with van der Waals surface area (Å²) in [6, 6.07) is 16.1. The first kappa shape index (κ1) is 20.0. The minimum Gasteiger partial charge on any atom is -0.356 e. The highest BCUT2D eigenvalue weighted by Gasteiger charge is 2.11. The Balaban J connectivity index is 1.28. The lowest BCUT2D eigenvalue weighted by Crippen LogP contribution is -2.26. The maximum Gasteiger partial charge on any atom is 0.221 e. The molecule has 0 saturated carbocycles. The molecular formula is C22H24N6OS. The van der Waals surface area contributed by atoms with E-state index in [0.717, 1.165) is 41.0 Å². The van der Waals surface area contributed by atoms with Crippen molar-refractivity contribution in [2.24, 2.45) is 0 Å². The van der Waals surface area contributed by atoms with Crippen LogP contribution in [-0.4, -0.2) is 36.8 Å². The Morgan fingerprint density at radius 1 is 1.17 bits per heavy atom. The number of H-pyrrole nitrogens is 1. The van der Waals surface area contributed by atoms with Crippen LogP contribution in [0.5, 0.6) is 0 Å². The Morgan fingerprint density at radius 3 is 2.90 bits per heavy atom. The van der Waals surface area contributed by atoms with Gasteiger partial charge in [0.2, 0.25) is 5.91 Å². The fourth-order valence-electron chi connectivity index (χ4n) is 3.50. The summed E-state index contributed by atoms with van der Waals surface area (Å²) in [7, 11) is 0. The number of benzene rings is 2. The molecule has 154 valence electrons. The minimum atomic E-state index is 0.00350. The number of hydrogen-bond acceptors (Lipinski definition) is 4. The molecule has 4 rings (SSSR count). The van der Waals surface area contributed by atoms with Crippen LogP contribution in [0, 0.1) is 11.7 Å². The van der Waals surface area contributed by atoms with Crippen molar-refractivity contribution < 1.29 is 4.79 Å². The van der Waals surface area contributed by atoms with Gasteiger partial charge in [-0.15, -0.1) is 0 Å². The first-order chi connectivity index (χ1) is 14.6. The number of aromatic amines is 1. The Kier molecular flexibility index (Phi) is 6.04. The summed E-state index contributed by atoms with van der Waals surface area (Å²) >= 11 is 5.35. The molecule has 0 spiro atoms. The van der Waals surface area contributed by atoms with Crippen molar-refractivity contribution in [2.75, 3.05) is 6.54 Å². The van der Waals surface area contributed by atoms with Crippen LogP contribution in [0.4, 0.5) is 0 Å². The smallest absolute Gasteiger partial charge is 0.221 e. The van der Waals surface area contributed by atoms with Crippen LogP contribution < -0.4 is 5.32 Å². The third-order valence-corrected chi connectivity index (χ3v) is 5.33. The van der Waals surface area contributed by atoms with E-state index in [2.05, 4.69) is 37.2 Å². The van der Waals surface area contributed by atoms with Gasteiger partial charge >= 0.3 is 0 Å². The largest absolute Gasteiger partial charge is 0.356 e. The van der Waals surface area contributed by atoms with Crippen LogP contribution >= 0.6 is 12.2 Å². The van der Waals surface area contributed by atoms with E-state index in [9.17, 15) is 4.79 Å². The highest BCUT2D eigenvalue weighted by molar-refractivity contribution is 7.71. The molecule has 7 nitrogen and oxygen atoms in total. The van der Waals surface area contributed by atoms with Gasteiger partial charge in [-0.3, -0.25) is 14.5 Å². The molecule has 0 aliphatic rings. The normalized spacial score (nSPS) is 11.1. The quantitative estimate of drug-likeness (QED) is 0.335. The number of amides is 1. The number of nitrogens with one attached hydrogen (secondary N) is 2. The van der Waals surface area contributed by atoms with Crippen molar-refractivity contribution >= 4 is 29.2 Å². The number of imidazole rings is 1. The van der Waals surface area contributed by atoms with Gasteiger partial charge in [-0.05, 0) is 43.8 Å². The molecule has 0 saturated heterocycles. The number of carbonyl (C=O) groups is 1. The monoisotopic (exact) mass is 420 g/mol. The van der Waals surface area contributed by atoms with Gasteiger partial charge in [-0.25, -0.2) is 4.98 Å². The lowest BCUT2D eigenvalue weighted by Gasteiger charge is -2.09. The van der Waals surface area contributed by atoms with Crippen molar-refractivity contribution in [1.29, 1.82) is 0 Å². The van der Waals surface area contributed by atoms with Crippen molar-refractivity contribution in [3.05, 3.63) is 65.2 Å². The second-order valence-corrected chi connectivity index (χ2v) is 7.64. The van der Waals surface area contributed by atoms with E-state index in [1.54, 1.807) is 0 Å². The summed E-state index contributed by atoms with van der Waals surface area (Å²) in [6.07, 6.45) is 3.03. The Hall–Kier alpha value is -3.26. The van der Waals surface area contributed by atoms with Gasteiger partial charge in [0.1, 0.15) is 0 Å². The zero-order chi connectivity index (χ0) is 20.9. The average Bonchev–Trinajstić information content (AvgIpc) is 3.33. The summed E-state index contributed by atoms with van der Waals surface area (Å²) in [5.41, 5.74) is 4.23. The number of rotatable bonds is 8. The zero-order valence-corrected chi connectivity index (χ0v) is 17.7. The topological polar surface area (TPSA) is 80.5 Å². The molecule has 0 bridgehead atoms. The molecule has 0 atom stereocenters.